The first kappa shape index (κ1) is 14.9. The Hall–Kier alpha value is -0.120. The maximum atomic E-state index is 9.31. The lowest BCUT2D eigenvalue weighted by Crippen LogP contribution is -2.46. The van der Waals surface area contributed by atoms with Gasteiger partial charge in [-0.25, -0.2) is 0 Å². The van der Waals surface area contributed by atoms with Crippen LogP contribution in [0.2, 0.25) is 0 Å². The Morgan fingerprint density at radius 2 is 1.93 bits per heavy atom. The van der Waals surface area contributed by atoms with E-state index in [4.69, 9.17) is 0 Å². The SMILES string of the molecule is CCCN(C)CCCC(C)(CO)NCC. The molecule has 92 valence electrons. The lowest BCUT2D eigenvalue weighted by Gasteiger charge is -2.29. The summed E-state index contributed by atoms with van der Waals surface area (Å²) >= 11 is 0. The number of aliphatic hydroxyl groups excluding tert-OH is 1. The quantitative estimate of drug-likeness (QED) is 0.612. The van der Waals surface area contributed by atoms with Gasteiger partial charge in [-0.2, -0.15) is 0 Å². The van der Waals surface area contributed by atoms with E-state index in [1.54, 1.807) is 0 Å². The minimum absolute atomic E-state index is 0.0954. The molecule has 0 aliphatic rings. The van der Waals surface area contributed by atoms with Gasteiger partial charge in [0.25, 0.3) is 0 Å². The molecular weight excluding hydrogens is 188 g/mol. The van der Waals surface area contributed by atoms with E-state index in [0.29, 0.717) is 0 Å². The number of hydrogen-bond donors (Lipinski definition) is 2. The zero-order chi connectivity index (χ0) is 11.7. The molecule has 0 aliphatic carbocycles. The van der Waals surface area contributed by atoms with Crippen LogP contribution in [0.25, 0.3) is 0 Å². The summed E-state index contributed by atoms with van der Waals surface area (Å²) in [4.78, 5) is 2.35. The van der Waals surface area contributed by atoms with Crippen molar-refractivity contribution in [2.24, 2.45) is 0 Å². The molecule has 15 heavy (non-hydrogen) atoms. The second-order valence-corrected chi connectivity index (χ2v) is 4.66. The fraction of sp³-hybridized carbons (Fsp3) is 1.00. The highest BCUT2D eigenvalue weighted by molar-refractivity contribution is 4.81. The van der Waals surface area contributed by atoms with E-state index < -0.39 is 0 Å². The first-order valence-corrected chi connectivity index (χ1v) is 6.12. The Labute approximate surface area is 94.9 Å². The normalized spacial score (nSPS) is 15.6. The number of likely N-dealkylation sites (N-methyl/N-ethyl adjacent to an activating group) is 1. The van der Waals surface area contributed by atoms with Crippen LogP contribution in [-0.4, -0.2) is 48.8 Å². The number of aliphatic hydroxyl groups is 1. The first-order valence-electron chi connectivity index (χ1n) is 6.12. The van der Waals surface area contributed by atoms with Crippen molar-refractivity contribution in [1.82, 2.24) is 10.2 Å². The molecule has 0 aliphatic heterocycles. The Morgan fingerprint density at radius 3 is 2.40 bits per heavy atom. The predicted octanol–water partition coefficient (Wildman–Crippen LogP) is 1.47. The predicted molar refractivity (Wildman–Crippen MR) is 66.2 cm³/mol. The highest BCUT2D eigenvalue weighted by Gasteiger charge is 2.20. The molecule has 0 amide bonds. The fourth-order valence-electron chi connectivity index (χ4n) is 1.88. The van der Waals surface area contributed by atoms with E-state index in [0.717, 1.165) is 32.5 Å². The Balaban J connectivity index is 3.71. The summed E-state index contributed by atoms with van der Waals surface area (Å²) in [7, 11) is 2.16. The van der Waals surface area contributed by atoms with Gasteiger partial charge in [0.05, 0.1) is 6.61 Å². The third-order valence-electron chi connectivity index (χ3n) is 2.83. The van der Waals surface area contributed by atoms with E-state index in [-0.39, 0.29) is 12.1 Å². The van der Waals surface area contributed by atoms with Crippen LogP contribution in [0, 0.1) is 0 Å². The van der Waals surface area contributed by atoms with Gasteiger partial charge in [0.2, 0.25) is 0 Å². The van der Waals surface area contributed by atoms with Gasteiger partial charge in [0.15, 0.2) is 0 Å². The molecule has 1 unspecified atom stereocenters. The molecule has 0 rings (SSSR count). The molecule has 0 saturated heterocycles. The molecular formula is C12H28N2O. The van der Waals surface area contributed by atoms with Crippen LogP contribution >= 0.6 is 0 Å². The van der Waals surface area contributed by atoms with E-state index in [1.807, 2.05) is 0 Å². The van der Waals surface area contributed by atoms with Gasteiger partial charge in [0, 0.05) is 5.54 Å². The van der Waals surface area contributed by atoms with Crippen molar-refractivity contribution in [3.63, 3.8) is 0 Å². The van der Waals surface area contributed by atoms with Crippen LogP contribution in [0.5, 0.6) is 0 Å². The van der Waals surface area contributed by atoms with Gasteiger partial charge < -0.3 is 15.3 Å². The standard InChI is InChI=1S/C12H28N2O/c1-5-9-14(4)10-7-8-12(3,11-15)13-6-2/h13,15H,5-11H2,1-4H3. The molecule has 0 spiro atoms. The first-order chi connectivity index (χ1) is 7.08. The van der Waals surface area contributed by atoms with Crippen LogP contribution in [0.15, 0.2) is 0 Å². The van der Waals surface area contributed by atoms with Crippen molar-refractivity contribution in [2.45, 2.75) is 45.6 Å². The molecule has 0 fully saturated rings. The van der Waals surface area contributed by atoms with Crippen molar-refractivity contribution in [3.05, 3.63) is 0 Å². The van der Waals surface area contributed by atoms with Crippen LogP contribution < -0.4 is 5.32 Å². The average Bonchev–Trinajstić information content (AvgIpc) is 2.18. The van der Waals surface area contributed by atoms with Gasteiger partial charge >= 0.3 is 0 Å². The molecule has 0 bridgehead atoms. The third kappa shape index (κ3) is 6.88. The van der Waals surface area contributed by atoms with Crippen molar-refractivity contribution < 1.29 is 5.11 Å². The largest absolute Gasteiger partial charge is 0.394 e. The van der Waals surface area contributed by atoms with Gasteiger partial charge in [-0.15, -0.1) is 0 Å². The van der Waals surface area contributed by atoms with Gasteiger partial charge in [0.1, 0.15) is 0 Å². The molecule has 3 heteroatoms. The lowest BCUT2D eigenvalue weighted by atomic mass is 9.96. The Bertz CT molecular complexity index is 153. The minimum Gasteiger partial charge on any atom is -0.394 e. The average molecular weight is 216 g/mol. The van der Waals surface area contributed by atoms with Crippen molar-refractivity contribution in [1.29, 1.82) is 0 Å². The Kier molecular flexibility index (Phi) is 8.02. The van der Waals surface area contributed by atoms with Gasteiger partial charge in [-0.1, -0.05) is 13.8 Å². The second-order valence-electron chi connectivity index (χ2n) is 4.66. The van der Waals surface area contributed by atoms with Crippen LogP contribution in [-0.2, 0) is 0 Å². The molecule has 0 saturated carbocycles. The summed E-state index contributed by atoms with van der Waals surface area (Å²) in [5.74, 6) is 0. The van der Waals surface area contributed by atoms with Crippen molar-refractivity contribution in [2.75, 3.05) is 33.3 Å². The molecule has 0 aromatic heterocycles. The zero-order valence-electron chi connectivity index (χ0n) is 10.8. The highest BCUT2D eigenvalue weighted by Crippen LogP contribution is 2.11. The summed E-state index contributed by atoms with van der Waals surface area (Å²) in [6.45, 7) is 9.80. The summed E-state index contributed by atoms with van der Waals surface area (Å²) < 4.78 is 0. The van der Waals surface area contributed by atoms with E-state index >= 15 is 0 Å². The van der Waals surface area contributed by atoms with Crippen LogP contribution in [0.4, 0.5) is 0 Å². The third-order valence-corrected chi connectivity index (χ3v) is 2.83. The number of hydrogen-bond acceptors (Lipinski definition) is 3. The maximum absolute atomic E-state index is 9.31. The number of nitrogens with one attached hydrogen (secondary N) is 1. The molecule has 0 aromatic rings. The van der Waals surface area contributed by atoms with E-state index in [2.05, 4.69) is 38.0 Å². The van der Waals surface area contributed by atoms with Crippen LogP contribution in [0.1, 0.15) is 40.0 Å². The highest BCUT2D eigenvalue weighted by atomic mass is 16.3. The zero-order valence-corrected chi connectivity index (χ0v) is 10.8. The monoisotopic (exact) mass is 216 g/mol. The molecule has 0 aromatic carbocycles. The Morgan fingerprint density at radius 1 is 1.27 bits per heavy atom. The summed E-state index contributed by atoms with van der Waals surface area (Å²) in [6, 6.07) is 0. The molecule has 0 heterocycles. The molecule has 1 atom stereocenters. The topological polar surface area (TPSA) is 35.5 Å². The maximum Gasteiger partial charge on any atom is 0.0610 e. The molecule has 0 radical (unpaired) electrons. The number of rotatable bonds is 9. The smallest absolute Gasteiger partial charge is 0.0610 e. The van der Waals surface area contributed by atoms with Gasteiger partial charge in [-0.05, 0) is 52.9 Å². The minimum atomic E-state index is -0.0954. The van der Waals surface area contributed by atoms with Gasteiger partial charge in [-0.3, -0.25) is 0 Å². The molecule has 3 nitrogen and oxygen atoms in total. The second kappa shape index (κ2) is 8.08. The van der Waals surface area contributed by atoms with E-state index in [1.165, 1.54) is 6.42 Å². The summed E-state index contributed by atoms with van der Waals surface area (Å²) in [6.07, 6.45) is 3.38. The van der Waals surface area contributed by atoms with E-state index in [9.17, 15) is 5.11 Å². The van der Waals surface area contributed by atoms with Crippen molar-refractivity contribution >= 4 is 0 Å². The summed E-state index contributed by atoms with van der Waals surface area (Å²) in [5, 5.41) is 12.7. The fourth-order valence-corrected chi connectivity index (χ4v) is 1.88. The molecule has 2 N–H and O–H groups in total. The summed E-state index contributed by atoms with van der Waals surface area (Å²) in [5.41, 5.74) is -0.0954. The number of nitrogens with zero attached hydrogens (tertiary/aromatic N) is 1. The van der Waals surface area contributed by atoms with Crippen molar-refractivity contribution in [3.8, 4) is 0 Å². The lowest BCUT2D eigenvalue weighted by molar-refractivity contribution is 0.160. The van der Waals surface area contributed by atoms with Crippen LogP contribution in [0.3, 0.4) is 0 Å².